The molecule has 0 bridgehead atoms. The van der Waals surface area contributed by atoms with Gasteiger partial charge in [0.05, 0.1) is 11.4 Å². The summed E-state index contributed by atoms with van der Waals surface area (Å²) < 4.78 is 0. The molecule has 0 aliphatic heterocycles. The van der Waals surface area contributed by atoms with E-state index in [1.54, 1.807) is 18.2 Å². The van der Waals surface area contributed by atoms with E-state index in [1.807, 2.05) is 6.07 Å². The zero-order valence-corrected chi connectivity index (χ0v) is 8.80. The lowest BCUT2D eigenvalue weighted by molar-refractivity contribution is 0.0963. The van der Waals surface area contributed by atoms with E-state index >= 15 is 0 Å². The first-order valence-electron chi connectivity index (χ1n) is 4.26. The lowest BCUT2D eigenvalue weighted by Gasteiger charge is -1.95. The van der Waals surface area contributed by atoms with Crippen molar-refractivity contribution in [3.63, 3.8) is 0 Å². The van der Waals surface area contributed by atoms with Crippen molar-refractivity contribution >= 4 is 29.5 Å². The SMILES string of the molecule is C#CCNC(=O)c1ccc(/C=C/C=N)s1. The number of terminal acetylenes is 1. The van der Waals surface area contributed by atoms with Gasteiger partial charge in [0, 0.05) is 11.1 Å². The summed E-state index contributed by atoms with van der Waals surface area (Å²) in [7, 11) is 0. The van der Waals surface area contributed by atoms with Gasteiger partial charge in [-0.25, -0.2) is 0 Å². The number of allylic oxidation sites excluding steroid dienone is 1. The molecule has 0 atom stereocenters. The first-order valence-corrected chi connectivity index (χ1v) is 5.08. The molecule has 0 unspecified atom stereocenters. The molecule has 0 spiro atoms. The lowest BCUT2D eigenvalue weighted by atomic mass is 10.4. The molecule has 15 heavy (non-hydrogen) atoms. The standard InChI is InChI=1S/C11H10N2OS/c1-2-8-13-11(14)10-6-5-9(15-10)4-3-7-12/h1,3-7,12H,8H2,(H,13,14)/b4-3+,12-7?. The van der Waals surface area contributed by atoms with Gasteiger partial charge in [0.2, 0.25) is 0 Å². The molecule has 0 radical (unpaired) electrons. The maximum Gasteiger partial charge on any atom is 0.262 e. The molecule has 1 amide bonds. The summed E-state index contributed by atoms with van der Waals surface area (Å²) in [6, 6.07) is 3.57. The van der Waals surface area contributed by atoms with E-state index < -0.39 is 0 Å². The first kappa shape index (κ1) is 11.2. The maximum absolute atomic E-state index is 11.4. The number of thiophene rings is 1. The van der Waals surface area contributed by atoms with Crippen molar-refractivity contribution in [2.24, 2.45) is 0 Å². The number of amides is 1. The summed E-state index contributed by atoms with van der Waals surface area (Å²) in [5.74, 6) is 2.18. The summed E-state index contributed by atoms with van der Waals surface area (Å²) in [6.07, 6.45) is 9.60. The Morgan fingerprint density at radius 3 is 3.13 bits per heavy atom. The van der Waals surface area contributed by atoms with Gasteiger partial charge in [0.25, 0.3) is 5.91 Å². The summed E-state index contributed by atoms with van der Waals surface area (Å²) in [6.45, 7) is 0.238. The fraction of sp³-hybridized carbons (Fsp3) is 0.0909. The van der Waals surface area contributed by atoms with E-state index in [2.05, 4.69) is 11.2 Å². The molecule has 1 aromatic heterocycles. The minimum absolute atomic E-state index is 0.160. The fourth-order valence-electron chi connectivity index (χ4n) is 0.926. The summed E-state index contributed by atoms with van der Waals surface area (Å²) in [4.78, 5) is 13.0. The summed E-state index contributed by atoms with van der Waals surface area (Å²) in [5.41, 5.74) is 0. The number of hydrogen-bond acceptors (Lipinski definition) is 3. The van der Waals surface area contributed by atoms with Gasteiger partial charge >= 0.3 is 0 Å². The van der Waals surface area contributed by atoms with Gasteiger partial charge in [-0.1, -0.05) is 5.92 Å². The van der Waals surface area contributed by atoms with Crippen molar-refractivity contribution in [3.05, 3.63) is 28.0 Å². The van der Waals surface area contributed by atoms with Crippen LogP contribution in [0.5, 0.6) is 0 Å². The van der Waals surface area contributed by atoms with Gasteiger partial charge in [-0.05, 0) is 24.3 Å². The van der Waals surface area contributed by atoms with Crippen molar-refractivity contribution in [1.82, 2.24) is 5.32 Å². The van der Waals surface area contributed by atoms with Gasteiger partial charge < -0.3 is 10.7 Å². The van der Waals surface area contributed by atoms with Crippen LogP contribution in [0.2, 0.25) is 0 Å². The molecule has 0 saturated heterocycles. The van der Waals surface area contributed by atoms with Crippen molar-refractivity contribution in [3.8, 4) is 12.3 Å². The molecule has 0 aromatic carbocycles. The highest BCUT2D eigenvalue weighted by atomic mass is 32.1. The van der Waals surface area contributed by atoms with Crippen LogP contribution in [0.3, 0.4) is 0 Å². The molecular formula is C11H10N2OS. The monoisotopic (exact) mass is 218 g/mol. The minimum atomic E-state index is -0.160. The van der Waals surface area contributed by atoms with Crippen LogP contribution < -0.4 is 5.32 Å². The zero-order valence-electron chi connectivity index (χ0n) is 7.99. The summed E-state index contributed by atoms with van der Waals surface area (Å²) in [5, 5.41) is 9.41. The minimum Gasteiger partial charge on any atom is -0.340 e. The van der Waals surface area contributed by atoms with E-state index in [0.717, 1.165) is 4.88 Å². The molecule has 1 rings (SSSR count). The Morgan fingerprint density at radius 1 is 1.67 bits per heavy atom. The normalized spacial score (nSPS) is 9.80. The number of hydrogen-bond donors (Lipinski definition) is 2. The third-order valence-electron chi connectivity index (χ3n) is 1.56. The average Bonchev–Trinajstić information content (AvgIpc) is 2.71. The second-order valence-electron chi connectivity index (χ2n) is 2.61. The molecule has 3 nitrogen and oxygen atoms in total. The van der Waals surface area contributed by atoms with Gasteiger partial charge in [-0.3, -0.25) is 4.79 Å². The van der Waals surface area contributed by atoms with Crippen LogP contribution in [0.1, 0.15) is 14.5 Å². The Kier molecular flexibility index (Phi) is 4.32. The highest BCUT2D eigenvalue weighted by Gasteiger charge is 2.06. The van der Waals surface area contributed by atoms with Gasteiger partial charge in [0.15, 0.2) is 0 Å². The maximum atomic E-state index is 11.4. The highest BCUT2D eigenvalue weighted by Crippen LogP contribution is 2.17. The van der Waals surface area contributed by atoms with Crippen LogP contribution in [-0.2, 0) is 0 Å². The third kappa shape index (κ3) is 3.41. The summed E-state index contributed by atoms with van der Waals surface area (Å²) >= 11 is 1.36. The zero-order chi connectivity index (χ0) is 11.1. The number of nitrogens with one attached hydrogen (secondary N) is 2. The number of rotatable bonds is 4. The molecule has 0 aliphatic carbocycles. The largest absolute Gasteiger partial charge is 0.340 e. The molecule has 1 aromatic rings. The van der Waals surface area contributed by atoms with Gasteiger partial charge in [-0.15, -0.1) is 17.8 Å². The molecule has 0 aliphatic rings. The topological polar surface area (TPSA) is 53.0 Å². The first-order chi connectivity index (χ1) is 7.27. The number of carbonyl (C=O) groups is 1. The Balaban J connectivity index is 2.67. The van der Waals surface area contributed by atoms with Crippen LogP contribution in [0.15, 0.2) is 18.2 Å². The average molecular weight is 218 g/mol. The van der Waals surface area contributed by atoms with Crippen LogP contribution >= 0.6 is 11.3 Å². The Labute approximate surface area is 92.3 Å². The predicted molar refractivity (Wildman–Crippen MR) is 63.3 cm³/mol. The quantitative estimate of drug-likeness (QED) is 0.587. The molecule has 4 heteroatoms. The molecule has 0 fully saturated rings. The van der Waals surface area contributed by atoms with E-state index in [4.69, 9.17) is 11.8 Å². The second kappa shape index (κ2) is 5.78. The third-order valence-corrected chi connectivity index (χ3v) is 2.61. The van der Waals surface area contributed by atoms with Gasteiger partial charge in [0.1, 0.15) is 0 Å². The Bertz CT molecular complexity index is 426. The van der Waals surface area contributed by atoms with E-state index in [9.17, 15) is 4.79 Å². The second-order valence-corrected chi connectivity index (χ2v) is 3.73. The molecule has 1 heterocycles. The van der Waals surface area contributed by atoms with Crippen LogP contribution in [0.25, 0.3) is 6.08 Å². The van der Waals surface area contributed by atoms with E-state index in [0.29, 0.717) is 4.88 Å². The molecular weight excluding hydrogens is 208 g/mol. The molecule has 0 saturated carbocycles. The highest BCUT2D eigenvalue weighted by molar-refractivity contribution is 7.14. The van der Waals surface area contributed by atoms with Gasteiger partial charge in [-0.2, -0.15) is 0 Å². The van der Waals surface area contributed by atoms with Crippen LogP contribution in [0, 0.1) is 17.8 Å². The predicted octanol–water partition coefficient (Wildman–Crippen LogP) is 1.77. The van der Waals surface area contributed by atoms with Crippen LogP contribution in [-0.4, -0.2) is 18.7 Å². The van der Waals surface area contributed by atoms with Crippen molar-refractivity contribution in [2.75, 3.05) is 6.54 Å². The smallest absolute Gasteiger partial charge is 0.262 e. The fourth-order valence-corrected chi connectivity index (χ4v) is 1.76. The lowest BCUT2D eigenvalue weighted by Crippen LogP contribution is -2.22. The Morgan fingerprint density at radius 2 is 2.47 bits per heavy atom. The van der Waals surface area contributed by atoms with Crippen LogP contribution in [0.4, 0.5) is 0 Å². The van der Waals surface area contributed by atoms with Crippen molar-refractivity contribution in [2.45, 2.75) is 0 Å². The van der Waals surface area contributed by atoms with E-state index in [-0.39, 0.29) is 12.5 Å². The van der Waals surface area contributed by atoms with Crippen molar-refractivity contribution in [1.29, 1.82) is 5.41 Å². The van der Waals surface area contributed by atoms with Crippen molar-refractivity contribution < 1.29 is 4.79 Å². The molecule has 2 N–H and O–H groups in total. The van der Waals surface area contributed by atoms with E-state index in [1.165, 1.54) is 17.6 Å². The molecule has 76 valence electrons. The Hall–Kier alpha value is -1.86. The number of carbonyl (C=O) groups excluding carboxylic acids is 1.